The Balaban J connectivity index is 1.95. The number of hydrogen-bond donors (Lipinski definition) is 0. The summed E-state index contributed by atoms with van der Waals surface area (Å²) in [6, 6.07) is 37.1. The minimum atomic E-state index is 0.757. The Morgan fingerprint density at radius 2 is 1.15 bits per heavy atom. The first-order valence-corrected chi connectivity index (χ1v) is 11.1. The van der Waals surface area contributed by atoms with Crippen LogP contribution in [0.4, 0.5) is 28.4 Å². The monoisotopic (exact) mass is 444 g/mol. The SMILES string of the molecule is C=C/C=C(\C=C)N(c1ccccc1)c1cc(OC)cc(N(c2ccccc2)c2ccccc2)c1. The van der Waals surface area contributed by atoms with E-state index in [0.717, 1.165) is 39.9 Å². The van der Waals surface area contributed by atoms with Crippen molar-refractivity contribution in [1.29, 1.82) is 0 Å². The second-order valence-corrected chi connectivity index (χ2v) is 7.60. The number of methoxy groups -OCH3 is 1. The number of ether oxygens (including phenoxy) is 1. The van der Waals surface area contributed by atoms with Gasteiger partial charge in [0.1, 0.15) is 5.75 Å². The van der Waals surface area contributed by atoms with E-state index in [1.165, 1.54) is 0 Å². The molecule has 0 saturated carbocycles. The largest absolute Gasteiger partial charge is 0.497 e. The van der Waals surface area contributed by atoms with Gasteiger partial charge in [0, 0.05) is 34.9 Å². The topological polar surface area (TPSA) is 15.7 Å². The van der Waals surface area contributed by atoms with Crippen LogP contribution in [0.25, 0.3) is 0 Å². The molecule has 34 heavy (non-hydrogen) atoms. The van der Waals surface area contributed by atoms with Crippen LogP contribution in [0.2, 0.25) is 0 Å². The number of allylic oxidation sites excluding steroid dienone is 3. The molecule has 3 heteroatoms. The molecule has 0 radical (unpaired) electrons. The maximum absolute atomic E-state index is 5.76. The Morgan fingerprint density at radius 3 is 1.62 bits per heavy atom. The molecule has 0 saturated heterocycles. The van der Waals surface area contributed by atoms with Crippen LogP contribution in [-0.2, 0) is 0 Å². The highest BCUT2D eigenvalue weighted by atomic mass is 16.5. The van der Waals surface area contributed by atoms with E-state index in [1.807, 2.05) is 72.8 Å². The molecule has 0 amide bonds. The Bertz CT molecular complexity index is 1230. The fraction of sp³-hybridized carbons (Fsp3) is 0.0323. The van der Waals surface area contributed by atoms with E-state index in [0.29, 0.717) is 0 Å². The minimum Gasteiger partial charge on any atom is -0.497 e. The van der Waals surface area contributed by atoms with Crippen molar-refractivity contribution >= 4 is 28.4 Å². The summed E-state index contributed by atoms with van der Waals surface area (Å²) in [5.41, 5.74) is 5.97. The first-order chi connectivity index (χ1) is 16.7. The molecular formula is C31H28N2O. The Labute approximate surface area is 202 Å². The molecule has 0 aliphatic heterocycles. The van der Waals surface area contributed by atoms with Gasteiger partial charge in [-0.25, -0.2) is 0 Å². The zero-order chi connectivity index (χ0) is 23.8. The molecule has 0 atom stereocenters. The Morgan fingerprint density at radius 1 is 0.647 bits per heavy atom. The summed E-state index contributed by atoms with van der Waals surface area (Å²) >= 11 is 0. The summed E-state index contributed by atoms with van der Waals surface area (Å²) in [6.07, 6.45) is 5.56. The lowest BCUT2D eigenvalue weighted by Crippen LogP contribution is -2.16. The standard InChI is InChI=1S/C31H28N2O/c1-4-15-25(5-2)32(26-16-9-6-10-17-26)29-22-30(24-31(23-29)34-3)33(27-18-11-7-12-19-27)28-20-13-8-14-21-28/h4-24H,1-2H2,3H3/b25-15+. The predicted molar refractivity (Wildman–Crippen MR) is 145 cm³/mol. The molecule has 0 aromatic heterocycles. The highest BCUT2D eigenvalue weighted by Gasteiger charge is 2.18. The third-order valence-corrected chi connectivity index (χ3v) is 5.43. The molecule has 168 valence electrons. The lowest BCUT2D eigenvalue weighted by molar-refractivity contribution is 0.415. The van der Waals surface area contributed by atoms with E-state index in [-0.39, 0.29) is 0 Å². The molecule has 0 fully saturated rings. The normalized spacial score (nSPS) is 10.9. The van der Waals surface area contributed by atoms with Gasteiger partial charge < -0.3 is 14.5 Å². The van der Waals surface area contributed by atoms with Crippen LogP contribution < -0.4 is 14.5 Å². The van der Waals surface area contributed by atoms with Gasteiger partial charge in [0.05, 0.1) is 18.5 Å². The summed E-state index contributed by atoms with van der Waals surface area (Å²) < 4.78 is 5.76. The van der Waals surface area contributed by atoms with Crippen molar-refractivity contribution in [3.63, 3.8) is 0 Å². The van der Waals surface area contributed by atoms with Crippen LogP contribution in [0.1, 0.15) is 0 Å². The van der Waals surface area contributed by atoms with Crippen LogP contribution in [-0.4, -0.2) is 7.11 Å². The van der Waals surface area contributed by atoms with Crippen molar-refractivity contribution in [2.24, 2.45) is 0 Å². The first-order valence-electron chi connectivity index (χ1n) is 11.1. The van der Waals surface area contributed by atoms with Crippen molar-refractivity contribution in [3.8, 4) is 5.75 Å². The number of rotatable bonds is 9. The fourth-order valence-corrected chi connectivity index (χ4v) is 3.92. The third kappa shape index (κ3) is 4.94. The molecule has 0 aliphatic carbocycles. The summed E-state index contributed by atoms with van der Waals surface area (Å²) in [5.74, 6) is 0.757. The van der Waals surface area contributed by atoms with Gasteiger partial charge in [-0.05, 0) is 54.6 Å². The minimum absolute atomic E-state index is 0.757. The average Bonchev–Trinajstić information content (AvgIpc) is 2.90. The van der Waals surface area contributed by atoms with E-state index >= 15 is 0 Å². The zero-order valence-electron chi connectivity index (χ0n) is 19.3. The van der Waals surface area contributed by atoms with Crippen LogP contribution in [0, 0.1) is 0 Å². The number of hydrogen-bond acceptors (Lipinski definition) is 3. The number of anilines is 5. The molecule has 0 bridgehead atoms. The van der Waals surface area contributed by atoms with E-state index in [2.05, 4.69) is 71.5 Å². The summed E-state index contributed by atoms with van der Waals surface area (Å²) in [6.45, 7) is 7.94. The lowest BCUT2D eigenvalue weighted by atomic mass is 10.1. The van der Waals surface area contributed by atoms with Crippen LogP contribution in [0.15, 0.2) is 146 Å². The van der Waals surface area contributed by atoms with E-state index in [4.69, 9.17) is 4.74 Å². The maximum Gasteiger partial charge on any atom is 0.123 e. The van der Waals surface area contributed by atoms with Gasteiger partial charge in [0.2, 0.25) is 0 Å². The lowest BCUT2D eigenvalue weighted by Gasteiger charge is -2.30. The second kappa shape index (κ2) is 10.9. The fourth-order valence-electron chi connectivity index (χ4n) is 3.92. The molecular weight excluding hydrogens is 416 g/mol. The van der Waals surface area contributed by atoms with E-state index in [1.54, 1.807) is 13.2 Å². The van der Waals surface area contributed by atoms with Crippen LogP contribution in [0.5, 0.6) is 5.75 Å². The molecule has 0 N–H and O–H groups in total. The smallest absolute Gasteiger partial charge is 0.123 e. The van der Waals surface area contributed by atoms with Gasteiger partial charge in [0.15, 0.2) is 0 Å². The molecule has 4 aromatic carbocycles. The summed E-state index contributed by atoms with van der Waals surface area (Å²) in [5, 5.41) is 0. The Kier molecular flexibility index (Phi) is 7.26. The average molecular weight is 445 g/mol. The molecule has 0 unspecified atom stereocenters. The van der Waals surface area contributed by atoms with E-state index < -0.39 is 0 Å². The van der Waals surface area contributed by atoms with Crippen molar-refractivity contribution in [2.45, 2.75) is 0 Å². The summed E-state index contributed by atoms with van der Waals surface area (Å²) in [7, 11) is 1.69. The number of nitrogens with zero attached hydrogens (tertiary/aromatic N) is 2. The molecule has 0 spiro atoms. The quantitative estimate of drug-likeness (QED) is 0.240. The van der Waals surface area contributed by atoms with Crippen molar-refractivity contribution in [3.05, 3.63) is 146 Å². The van der Waals surface area contributed by atoms with Gasteiger partial charge in [-0.2, -0.15) is 0 Å². The van der Waals surface area contributed by atoms with Gasteiger partial charge >= 0.3 is 0 Å². The number of para-hydroxylation sites is 3. The second-order valence-electron chi connectivity index (χ2n) is 7.60. The van der Waals surface area contributed by atoms with Gasteiger partial charge in [-0.1, -0.05) is 73.8 Å². The molecule has 0 aliphatic rings. The highest BCUT2D eigenvalue weighted by Crippen LogP contribution is 2.41. The van der Waals surface area contributed by atoms with Crippen LogP contribution in [0.3, 0.4) is 0 Å². The van der Waals surface area contributed by atoms with Crippen LogP contribution >= 0.6 is 0 Å². The predicted octanol–water partition coefficient (Wildman–Crippen LogP) is 8.56. The first kappa shape index (κ1) is 22.7. The van der Waals surface area contributed by atoms with Gasteiger partial charge in [-0.15, -0.1) is 0 Å². The Hall–Kier alpha value is -4.50. The van der Waals surface area contributed by atoms with Gasteiger partial charge in [0.25, 0.3) is 0 Å². The summed E-state index contributed by atoms with van der Waals surface area (Å²) in [4.78, 5) is 4.37. The van der Waals surface area contributed by atoms with Crippen molar-refractivity contribution in [2.75, 3.05) is 16.9 Å². The highest BCUT2D eigenvalue weighted by molar-refractivity contribution is 5.82. The number of benzene rings is 4. The molecule has 0 heterocycles. The van der Waals surface area contributed by atoms with E-state index in [9.17, 15) is 0 Å². The maximum atomic E-state index is 5.76. The molecule has 4 rings (SSSR count). The van der Waals surface area contributed by atoms with Crippen molar-refractivity contribution < 1.29 is 4.74 Å². The third-order valence-electron chi connectivity index (χ3n) is 5.43. The molecule has 3 nitrogen and oxygen atoms in total. The zero-order valence-corrected chi connectivity index (χ0v) is 19.3. The van der Waals surface area contributed by atoms with Gasteiger partial charge in [-0.3, -0.25) is 0 Å². The van der Waals surface area contributed by atoms with Crippen molar-refractivity contribution in [1.82, 2.24) is 0 Å². The molecule has 4 aromatic rings.